The molecule has 2 unspecified atom stereocenters. The van der Waals surface area contributed by atoms with E-state index < -0.39 is 5.60 Å². The molecule has 0 aromatic carbocycles. The van der Waals surface area contributed by atoms with Gasteiger partial charge in [-0.3, -0.25) is 4.79 Å². The van der Waals surface area contributed by atoms with Gasteiger partial charge in [-0.05, 0) is 38.4 Å². The second kappa shape index (κ2) is 4.34. The normalized spacial score (nSPS) is 36.9. The SMILES string of the molecule is CC1(O)CCCN(C(=O)C2CCCS2)C1. The summed E-state index contributed by atoms with van der Waals surface area (Å²) in [7, 11) is 0. The summed E-state index contributed by atoms with van der Waals surface area (Å²) in [4.78, 5) is 13.9. The van der Waals surface area contributed by atoms with Crippen molar-refractivity contribution in [2.75, 3.05) is 18.8 Å². The molecule has 0 bridgehead atoms. The lowest BCUT2D eigenvalue weighted by Gasteiger charge is -2.37. The number of piperidine rings is 1. The lowest BCUT2D eigenvalue weighted by molar-refractivity contribution is -0.136. The van der Waals surface area contributed by atoms with Crippen molar-refractivity contribution in [3.8, 4) is 0 Å². The van der Waals surface area contributed by atoms with Crippen molar-refractivity contribution < 1.29 is 9.90 Å². The number of aliphatic hydroxyl groups is 1. The Bertz CT molecular complexity index is 249. The average molecular weight is 229 g/mol. The molecule has 2 rings (SSSR count). The zero-order valence-electron chi connectivity index (χ0n) is 9.24. The molecule has 86 valence electrons. The van der Waals surface area contributed by atoms with E-state index in [1.165, 1.54) is 0 Å². The number of carbonyl (C=O) groups excluding carboxylic acids is 1. The van der Waals surface area contributed by atoms with Crippen LogP contribution >= 0.6 is 11.8 Å². The van der Waals surface area contributed by atoms with Crippen molar-refractivity contribution in [3.63, 3.8) is 0 Å². The molecule has 2 aliphatic heterocycles. The Labute approximate surface area is 95.2 Å². The molecule has 2 atom stereocenters. The lowest BCUT2D eigenvalue weighted by Crippen LogP contribution is -2.50. The monoisotopic (exact) mass is 229 g/mol. The first-order valence-corrected chi connectivity index (χ1v) is 6.76. The fraction of sp³-hybridized carbons (Fsp3) is 0.909. The molecule has 0 aromatic rings. The van der Waals surface area contributed by atoms with Gasteiger partial charge in [0.05, 0.1) is 10.9 Å². The van der Waals surface area contributed by atoms with Gasteiger partial charge in [0.2, 0.25) is 5.91 Å². The average Bonchev–Trinajstić information content (AvgIpc) is 2.67. The number of hydrogen-bond donors (Lipinski definition) is 1. The maximum atomic E-state index is 12.1. The molecule has 0 saturated carbocycles. The van der Waals surface area contributed by atoms with Gasteiger partial charge in [0.15, 0.2) is 0 Å². The molecule has 3 nitrogen and oxygen atoms in total. The predicted molar refractivity (Wildman–Crippen MR) is 61.9 cm³/mol. The Morgan fingerprint density at radius 2 is 2.33 bits per heavy atom. The summed E-state index contributed by atoms with van der Waals surface area (Å²) in [6.07, 6.45) is 3.91. The quantitative estimate of drug-likeness (QED) is 0.736. The Kier molecular flexibility index (Phi) is 3.26. The second-order valence-electron chi connectivity index (χ2n) is 4.86. The molecule has 2 saturated heterocycles. The Morgan fingerprint density at radius 3 is 2.93 bits per heavy atom. The maximum Gasteiger partial charge on any atom is 0.235 e. The number of nitrogens with zero attached hydrogens (tertiary/aromatic N) is 1. The van der Waals surface area contributed by atoms with E-state index >= 15 is 0 Å². The minimum absolute atomic E-state index is 0.166. The van der Waals surface area contributed by atoms with Crippen LogP contribution in [0, 0.1) is 0 Å². The molecule has 0 radical (unpaired) electrons. The Morgan fingerprint density at radius 1 is 1.53 bits per heavy atom. The molecular formula is C11H19NO2S. The number of hydrogen-bond acceptors (Lipinski definition) is 3. The number of rotatable bonds is 1. The van der Waals surface area contributed by atoms with E-state index in [1.54, 1.807) is 11.8 Å². The van der Waals surface area contributed by atoms with Gasteiger partial charge < -0.3 is 10.0 Å². The van der Waals surface area contributed by atoms with Gasteiger partial charge in [-0.15, -0.1) is 11.8 Å². The highest BCUT2D eigenvalue weighted by Crippen LogP contribution is 2.29. The summed E-state index contributed by atoms with van der Waals surface area (Å²) in [6.45, 7) is 3.17. The third-order valence-corrected chi connectivity index (χ3v) is 4.56. The molecule has 4 heteroatoms. The van der Waals surface area contributed by atoms with Crippen LogP contribution in [0.1, 0.15) is 32.6 Å². The number of thioether (sulfide) groups is 1. The summed E-state index contributed by atoms with van der Waals surface area (Å²) in [5.41, 5.74) is -0.669. The van der Waals surface area contributed by atoms with E-state index in [1.807, 2.05) is 11.8 Å². The van der Waals surface area contributed by atoms with Crippen molar-refractivity contribution in [3.05, 3.63) is 0 Å². The van der Waals surface area contributed by atoms with Gasteiger partial charge in [-0.25, -0.2) is 0 Å². The van der Waals surface area contributed by atoms with Gasteiger partial charge in [0.25, 0.3) is 0 Å². The molecule has 15 heavy (non-hydrogen) atoms. The van der Waals surface area contributed by atoms with E-state index in [0.29, 0.717) is 6.54 Å². The molecule has 2 aliphatic rings. The zero-order chi connectivity index (χ0) is 10.9. The van der Waals surface area contributed by atoms with Crippen molar-refractivity contribution in [1.29, 1.82) is 0 Å². The zero-order valence-corrected chi connectivity index (χ0v) is 10.1. The highest BCUT2D eigenvalue weighted by molar-refractivity contribution is 8.00. The van der Waals surface area contributed by atoms with Crippen molar-refractivity contribution in [2.24, 2.45) is 0 Å². The number of carbonyl (C=O) groups is 1. The van der Waals surface area contributed by atoms with Crippen LogP contribution in [-0.2, 0) is 4.79 Å². The predicted octanol–water partition coefficient (Wildman–Crippen LogP) is 1.26. The van der Waals surface area contributed by atoms with Crippen LogP contribution in [0.4, 0.5) is 0 Å². The van der Waals surface area contributed by atoms with E-state index in [2.05, 4.69) is 0 Å². The molecule has 0 aliphatic carbocycles. The lowest BCUT2D eigenvalue weighted by atomic mass is 9.95. The van der Waals surface area contributed by atoms with Crippen molar-refractivity contribution in [1.82, 2.24) is 4.90 Å². The first-order valence-electron chi connectivity index (χ1n) is 5.71. The minimum Gasteiger partial charge on any atom is -0.388 e. The Balaban J connectivity index is 1.94. The smallest absolute Gasteiger partial charge is 0.235 e. The summed E-state index contributed by atoms with van der Waals surface area (Å²) < 4.78 is 0. The van der Waals surface area contributed by atoms with Crippen molar-refractivity contribution in [2.45, 2.75) is 43.5 Å². The molecule has 0 aromatic heterocycles. The minimum atomic E-state index is -0.669. The van der Waals surface area contributed by atoms with Gasteiger partial charge in [-0.1, -0.05) is 0 Å². The van der Waals surface area contributed by atoms with E-state index in [4.69, 9.17) is 0 Å². The Hall–Kier alpha value is -0.220. The van der Waals surface area contributed by atoms with Gasteiger partial charge in [-0.2, -0.15) is 0 Å². The van der Waals surface area contributed by atoms with Crippen LogP contribution in [0.2, 0.25) is 0 Å². The molecule has 0 spiro atoms. The summed E-state index contributed by atoms with van der Waals surface area (Å²) in [6, 6.07) is 0. The number of amides is 1. The van der Waals surface area contributed by atoms with E-state index in [9.17, 15) is 9.90 Å². The van der Waals surface area contributed by atoms with Crippen LogP contribution in [-0.4, -0.2) is 45.6 Å². The van der Waals surface area contributed by atoms with Gasteiger partial charge in [0, 0.05) is 13.1 Å². The largest absolute Gasteiger partial charge is 0.388 e. The van der Waals surface area contributed by atoms with Gasteiger partial charge in [0.1, 0.15) is 0 Å². The molecule has 1 amide bonds. The highest BCUT2D eigenvalue weighted by Gasteiger charge is 2.34. The van der Waals surface area contributed by atoms with Crippen LogP contribution in [0.3, 0.4) is 0 Å². The molecule has 2 heterocycles. The summed E-state index contributed by atoms with van der Waals surface area (Å²) >= 11 is 1.77. The molecule has 1 N–H and O–H groups in total. The standard InChI is InChI=1S/C11H19NO2S/c1-11(14)5-3-6-12(8-11)10(13)9-4-2-7-15-9/h9,14H,2-8H2,1H3. The maximum absolute atomic E-state index is 12.1. The van der Waals surface area contributed by atoms with Crippen LogP contribution in [0.15, 0.2) is 0 Å². The van der Waals surface area contributed by atoms with Crippen LogP contribution < -0.4 is 0 Å². The molecule has 2 fully saturated rings. The van der Waals surface area contributed by atoms with E-state index in [0.717, 1.165) is 38.0 Å². The first-order chi connectivity index (χ1) is 7.08. The third kappa shape index (κ3) is 2.67. The fourth-order valence-corrected chi connectivity index (χ4v) is 3.63. The number of β-amino-alcohol motifs (C(OH)–C–C–N with tert-alkyl or cyclic N) is 1. The molecular weight excluding hydrogens is 210 g/mol. The number of likely N-dealkylation sites (tertiary alicyclic amines) is 1. The third-order valence-electron chi connectivity index (χ3n) is 3.19. The van der Waals surface area contributed by atoms with Crippen molar-refractivity contribution >= 4 is 17.7 Å². The highest BCUT2D eigenvalue weighted by atomic mass is 32.2. The van der Waals surface area contributed by atoms with E-state index in [-0.39, 0.29) is 11.2 Å². The first kappa shape index (κ1) is 11.3. The second-order valence-corrected chi connectivity index (χ2v) is 6.17. The van der Waals surface area contributed by atoms with Crippen LogP contribution in [0.5, 0.6) is 0 Å². The topological polar surface area (TPSA) is 40.5 Å². The van der Waals surface area contributed by atoms with Crippen LogP contribution in [0.25, 0.3) is 0 Å². The fourth-order valence-electron chi connectivity index (χ4n) is 2.38. The summed E-state index contributed by atoms with van der Waals surface area (Å²) in [5, 5.41) is 10.1. The van der Waals surface area contributed by atoms with Gasteiger partial charge >= 0.3 is 0 Å². The summed E-state index contributed by atoms with van der Waals surface area (Å²) in [5.74, 6) is 1.36.